The lowest BCUT2D eigenvalue weighted by molar-refractivity contribution is -0.122. The summed E-state index contributed by atoms with van der Waals surface area (Å²) in [6.07, 6.45) is 4.90. The van der Waals surface area contributed by atoms with Crippen molar-refractivity contribution in [2.45, 2.75) is 30.8 Å². The first-order chi connectivity index (χ1) is 21.7. The Morgan fingerprint density at radius 1 is 1.00 bits per heavy atom. The number of nitrogens with zero attached hydrogens (tertiary/aromatic N) is 6. The number of aromatic nitrogens is 4. The van der Waals surface area contributed by atoms with Crippen molar-refractivity contribution in [2.24, 2.45) is 0 Å². The molecule has 0 bridgehead atoms. The smallest absolute Gasteiger partial charge is 0.331 e. The summed E-state index contributed by atoms with van der Waals surface area (Å²) in [5.41, 5.74) is 1.55. The van der Waals surface area contributed by atoms with E-state index in [0.29, 0.717) is 43.0 Å². The highest BCUT2D eigenvalue weighted by molar-refractivity contribution is 7.90. The Hall–Kier alpha value is -5.18. The highest BCUT2D eigenvalue weighted by atomic mass is 32.2. The average molecular weight is 633 g/mol. The lowest BCUT2D eigenvalue weighted by Crippen LogP contribution is -2.59. The minimum atomic E-state index is -4.12. The van der Waals surface area contributed by atoms with Gasteiger partial charge in [0.05, 0.1) is 10.9 Å². The number of carbonyl (C=O) groups excluding carboxylic acids is 2. The maximum atomic E-state index is 13.4. The van der Waals surface area contributed by atoms with Crippen LogP contribution < -0.4 is 24.4 Å². The molecule has 2 aromatic carbocycles. The number of nitrogens with one attached hydrogen (secondary N) is 2. The first-order valence-corrected chi connectivity index (χ1v) is 15.9. The van der Waals surface area contributed by atoms with Crippen LogP contribution in [0.4, 0.5) is 10.6 Å². The van der Waals surface area contributed by atoms with Crippen molar-refractivity contribution in [1.82, 2.24) is 34.5 Å². The molecule has 15 heteroatoms. The molecule has 234 valence electrons. The number of ether oxygens (including phenoxy) is 2. The summed E-state index contributed by atoms with van der Waals surface area (Å²) in [6.45, 7) is 3.77. The first kappa shape index (κ1) is 29.9. The molecule has 2 aliphatic heterocycles. The number of imidazole rings is 1. The zero-order valence-electron chi connectivity index (χ0n) is 24.5. The number of amides is 3. The molecule has 1 fully saturated rings. The van der Waals surface area contributed by atoms with Gasteiger partial charge in [0.15, 0.2) is 11.5 Å². The molecule has 1 atom stereocenters. The van der Waals surface area contributed by atoms with E-state index in [1.54, 1.807) is 47.6 Å². The fourth-order valence-electron chi connectivity index (χ4n) is 5.21. The van der Waals surface area contributed by atoms with Gasteiger partial charge in [0.1, 0.15) is 25.4 Å². The highest BCUT2D eigenvalue weighted by Crippen LogP contribution is 2.30. The SMILES string of the molecule is Cc1cc(N2CCN(C(=O)NS(=O)(=O)c3ccccc3)C(CC(=O)NCc3ccc4c(c3)OCCO4)C2)nc(-n2ccnc2)n1. The van der Waals surface area contributed by atoms with Crippen LogP contribution in [-0.2, 0) is 21.4 Å². The van der Waals surface area contributed by atoms with Crippen LogP contribution >= 0.6 is 0 Å². The van der Waals surface area contributed by atoms with Crippen molar-refractivity contribution in [2.75, 3.05) is 37.7 Å². The summed E-state index contributed by atoms with van der Waals surface area (Å²) in [7, 11) is -4.12. The van der Waals surface area contributed by atoms with Gasteiger partial charge in [-0.15, -0.1) is 0 Å². The third-order valence-electron chi connectivity index (χ3n) is 7.42. The Morgan fingerprint density at radius 3 is 2.58 bits per heavy atom. The van der Waals surface area contributed by atoms with Gasteiger partial charge in [-0.05, 0) is 36.8 Å². The summed E-state index contributed by atoms with van der Waals surface area (Å²) in [5.74, 6) is 2.02. The van der Waals surface area contributed by atoms with E-state index in [0.717, 1.165) is 11.3 Å². The van der Waals surface area contributed by atoms with Crippen LogP contribution in [0.2, 0.25) is 0 Å². The van der Waals surface area contributed by atoms with Crippen LogP contribution in [0, 0.1) is 6.92 Å². The molecule has 45 heavy (non-hydrogen) atoms. The van der Waals surface area contributed by atoms with Gasteiger partial charge in [0.25, 0.3) is 10.0 Å². The molecule has 2 N–H and O–H groups in total. The Kier molecular flexibility index (Phi) is 8.51. The van der Waals surface area contributed by atoms with Gasteiger partial charge < -0.3 is 24.6 Å². The largest absolute Gasteiger partial charge is 0.486 e. The molecule has 6 rings (SSSR count). The number of piperazine rings is 1. The van der Waals surface area contributed by atoms with E-state index in [9.17, 15) is 18.0 Å². The van der Waals surface area contributed by atoms with Gasteiger partial charge in [0, 0.05) is 56.8 Å². The van der Waals surface area contributed by atoms with Crippen molar-refractivity contribution in [3.8, 4) is 17.4 Å². The maximum Gasteiger partial charge on any atom is 0.331 e. The van der Waals surface area contributed by atoms with E-state index in [-0.39, 0.29) is 36.9 Å². The van der Waals surface area contributed by atoms with Gasteiger partial charge in [-0.1, -0.05) is 24.3 Å². The Labute approximate surface area is 260 Å². The lowest BCUT2D eigenvalue weighted by atomic mass is 10.1. The quantitative estimate of drug-likeness (QED) is 0.294. The zero-order chi connectivity index (χ0) is 31.4. The third kappa shape index (κ3) is 6.98. The Bertz CT molecular complexity index is 1790. The van der Waals surface area contributed by atoms with E-state index in [4.69, 9.17) is 14.5 Å². The van der Waals surface area contributed by atoms with Crippen LogP contribution in [0.5, 0.6) is 11.5 Å². The standard InChI is InChI=1S/C30H32N8O6S/c1-21-15-27(34-29(33-21)37-10-9-31-20-37)36-11-12-38(30(40)35-45(41,42)24-5-3-2-4-6-24)23(19-36)17-28(39)32-18-22-7-8-25-26(16-22)44-14-13-43-25/h2-10,15-16,20,23H,11-14,17-19H2,1H3,(H,32,39)(H,35,40). The minimum Gasteiger partial charge on any atom is -0.486 e. The molecular formula is C30H32N8O6S. The summed E-state index contributed by atoms with van der Waals surface area (Å²) < 4.78 is 41.0. The summed E-state index contributed by atoms with van der Waals surface area (Å²) in [6, 6.07) is 13.5. The zero-order valence-corrected chi connectivity index (χ0v) is 25.3. The fraction of sp³-hybridized carbons (Fsp3) is 0.300. The van der Waals surface area contributed by atoms with Gasteiger partial charge in [-0.25, -0.2) is 27.9 Å². The van der Waals surface area contributed by atoms with E-state index >= 15 is 0 Å². The predicted octanol–water partition coefficient (Wildman–Crippen LogP) is 2.04. The second kappa shape index (κ2) is 12.8. The third-order valence-corrected chi connectivity index (χ3v) is 8.76. The molecule has 0 radical (unpaired) electrons. The minimum absolute atomic E-state index is 0.0331. The summed E-state index contributed by atoms with van der Waals surface area (Å²) in [4.78, 5) is 43.3. The molecular weight excluding hydrogens is 600 g/mol. The molecule has 4 aromatic rings. The molecule has 0 aliphatic carbocycles. The molecule has 2 aromatic heterocycles. The lowest BCUT2D eigenvalue weighted by Gasteiger charge is -2.41. The van der Waals surface area contributed by atoms with Crippen LogP contribution in [0.1, 0.15) is 17.7 Å². The van der Waals surface area contributed by atoms with Crippen molar-refractivity contribution in [3.63, 3.8) is 0 Å². The molecule has 14 nitrogen and oxygen atoms in total. The van der Waals surface area contributed by atoms with Gasteiger partial charge in [-0.3, -0.25) is 9.36 Å². The number of fused-ring (bicyclic) bond motifs is 1. The van der Waals surface area contributed by atoms with Gasteiger partial charge >= 0.3 is 6.03 Å². The normalized spacial score (nSPS) is 16.2. The van der Waals surface area contributed by atoms with Crippen molar-refractivity contribution < 1.29 is 27.5 Å². The first-order valence-electron chi connectivity index (χ1n) is 14.4. The number of hydrogen-bond acceptors (Lipinski definition) is 10. The Morgan fingerprint density at radius 2 is 1.80 bits per heavy atom. The van der Waals surface area contributed by atoms with Crippen LogP contribution in [0.3, 0.4) is 0 Å². The number of anilines is 1. The van der Waals surface area contributed by atoms with Crippen molar-refractivity contribution >= 4 is 27.8 Å². The number of hydrogen-bond donors (Lipinski definition) is 2. The van der Waals surface area contributed by atoms with Crippen LogP contribution in [0.15, 0.2) is 78.2 Å². The number of benzene rings is 2. The van der Waals surface area contributed by atoms with E-state index < -0.39 is 22.1 Å². The van der Waals surface area contributed by atoms with Gasteiger partial charge in [0.2, 0.25) is 11.9 Å². The summed E-state index contributed by atoms with van der Waals surface area (Å²) in [5, 5.41) is 2.91. The second-order valence-electron chi connectivity index (χ2n) is 10.6. The molecule has 1 unspecified atom stereocenters. The predicted molar refractivity (Wildman–Crippen MR) is 163 cm³/mol. The number of carbonyl (C=O) groups is 2. The van der Waals surface area contributed by atoms with Crippen molar-refractivity contribution in [3.05, 3.63) is 84.6 Å². The van der Waals surface area contributed by atoms with Crippen molar-refractivity contribution in [1.29, 1.82) is 0 Å². The van der Waals surface area contributed by atoms with E-state index in [1.165, 1.54) is 17.0 Å². The van der Waals surface area contributed by atoms with Crippen LogP contribution in [-0.4, -0.2) is 83.7 Å². The van der Waals surface area contributed by atoms with E-state index in [1.807, 2.05) is 30.0 Å². The van der Waals surface area contributed by atoms with Gasteiger partial charge in [-0.2, -0.15) is 4.98 Å². The summed E-state index contributed by atoms with van der Waals surface area (Å²) >= 11 is 0. The topological polar surface area (TPSA) is 161 Å². The van der Waals surface area contributed by atoms with E-state index in [2.05, 4.69) is 20.0 Å². The molecule has 3 amide bonds. The number of sulfonamides is 1. The molecule has 0 spiro atoms. The Balaban J connectivity index is 1.20. The van der Waals surface area contributed by atoms with Crippen LogP contribution in [0.25, 0.3) is 5.95 Å². The molecule has 2 aliphatic rings. The molecule has 1 saturated heterocycles. The number of rotatable bonds is 8. The molecule has 4 heterocycles. The number of urea groups is 1. The monoisotopic (exact) mass is 632 g/mol. The maximum absolute atomic E-state index is 13.4. The number of aryl methyl sites for hydroxylation is 1. The second-order valence-corrected chi connectivity index (χ2v) is 12.3. The molecule has 0 saturated carbocycles. The average Bonchev–Trinajstić information content (AvgIpc) is 3.59. The fourth-order valence-corrected chi connectivity index (χ4v) is 6.19. The highest BCUT2D eigenvalue weighted by Gasteiger charge is 2.35.